The van der Waals surface area contributed by atoms with Crippen LogP contribution in [0.4, 0.5) is 5.69 Å². The molecule has 3 N–H and O–H groups in total. The molecule has 1 aromatic carbocycles. The summed E-state index contributed by atoms with van der Waals surface area (Å²) in [5.41, 5.74) is 7.48. The maximum atomic E-state index is 11.9. The number of carbonyl (C=O) groups excluding carboxylic acids is 1. The number of nitrogens with two attached hydrogens (primary N) is 1. The van der Waals surface area contributed by atoms with Crippen molar-refractivity contribution in [3.05, 3.63) is 29.8 Å². The number of carbonyl (C=O) groups is 1. The third kappa shape index (κ3) is 3.16. The zero-order valence-electron chi connectivity index (χ0n) is 9.98. The van der Waals surface area contributed by atoms with E-state index in [9.17, 15) is 4.79 Å². The standard InChI is InChI=1S/C13H18N2OS/c1-9(10-4-6-11(14)7-5-10)15-13(16)12-3-2-8-17-12/h4-7,9,12H,2-3,8,14H2,1H3,(H,15,16). The number of amides is 1. The van der Waals surface area contributed by atoms with Crippen LogP contribution in [0, 0.1) is 0 Å². The van der Waals surface area contributed by atoms with Crippen molar-refractivity contribution in [3.8, 4) is 0 Å². The van der Waals surface area contributed by atoms with E-state index in [2.05, 4.69) is 5.32 Å². The minimum atomic E-state index is 0.0456. The Bertz CT molecular complexity index is 385. The van der Waals surface area contributed by atoms with Crippen LogP contribution in [0.15, 0.2) is 24.3 Å². The third-order valence-corrected chi connectivity index (χ3v) is 4.39. The van der Waals surface area contributed by atoms with E-state index in [0.29, 0.717) is 0 Å². The summed E-state index contributed by atoms with van der Waals surface area (Å²) in [6.45, 7) is 2.00. The predicted molar refractivity (Wildman–Crippen MR) is 72.9 cm³/mol. The van der Waals surface area contributed by atoms with E-state index < -0.39 is 0 Å². The van der Waals surface area contributed by atoms with Crippen LogP contribution in [0.1, 0.15) is 31.4 Å². The largest absolute Gasteiger partial charge is 0.399 e. The first kappa shape index (κ1) is 12.3. The number of hydrogen-bond acceptors (Lipinski definition) is 3. The van der Waals surface area contributed by atoms with Gasteiger partial charge in [0.2, 0.25) is 5.91 Å². The van der Waals surface area contributed by atoms with Gasteiger partial charge in [0.25, 0.3) is 0 Å². The molecule has 1 heterocycles. The van der Waals surface area contributed by atoms with Gasteiger partial charge >= 0.3 is 0 Å². The van der Waals surface area contributed by atoms with E-state index in [0.717, 1.165) is 29.8 Å². The average Bonchev–Trinajstić information content (AvgIpc) is 2.83. The molecule has 2 unspecified atom stereocenters. The molecule has 0 aliphatic carbocycles. The van der Waals surface area contributed by atoms with Crippen LogP contribution in [0.2, 0.25) is 0 Å². The van der Waals surface area contributed by atoms with Crippen LogP contribution in [0.25, 0.3) is 0 Å². The Balaban J connectivity index is 1.93. The van der Waals surface area contributed by atoms with Crippen molar-refractivity contribution < 1.29 is 4.79 Å². The minimum Gasteiger partial charge on any atom is -0.399 e. The summed E-state index contributed by atoms with van der Waals surface area (Å²) < 4.78 is 0. The van der Waals surface area contributed by atoms with Gasteiger partial charge in [0, 0.05) is 5.69 Å². The fraction of sp³-hybridized carbons (Fsp3) is 0.462. The number of nitrogens with one attached hydrogen (secondary N) is 1. The Morgan fingerprint density at radius 3 is 2.76 bits per heavy atom. The number of thioether (sulfide) groups is 1. The summed E-state index contributed by atoms with van der Waals surface area (Å²) in [5.74, 6) is 1.27. The van der Waals surface area contributed by atoms with Gasteiger partial charge in [0.1, 0.15) is 0 Å². The number of rotatable bonds is 3. The second-order valence-corrected chi connectivity index (χ2v) is 5.71. The zero-order valence-corrected chi connectivity index (χ0v) is 10.8. The van der Waals surface area contributed by atoms with Crippen molar-refractivity contribution in [2.24, 2.45) is 0 Å². The molecule has 1 aliphatic rings. The first-order valence-corrected chi connectivity index (χ1v) is 6.99. The number of nitrogen functional groups attached to an aromatic ring is 1. The zero-order chi connectivity index (χ0) is 12.3. The highest BCUT2D eigenvalue weighted by atomic mass is 32.2. The van der Waals surface area contributed by atoms with Gasteiger partial charge < -0.3 is 11.1 Å². The SMILES string of the molecule is CC(NC(=O)C1CCCS1)c1ccc(N)cc1. The smallest absolute Gasteiger partial charge is 0.233 e. The molecule has 0 spiro atoms. The highest BCUT2D eigenvalue weighted by molar-refractivity contribution is 8.00. The van der Waals surface area contributed by atoms with E-state index in [4.69, 9.17) is 5.73 Å². The molecule has 4 heteroatoms. The molecular formula is C13H18N2OS. The van der Waals surface area contributed by atoms with E-state index >= 15 is 0 Å². The lowest BCUT2D eigenvalue weighted by atomic mass is 10.1. The van der Waals surface area contributed by atoms with Crippen LogP contribution in [-0.4, -0.2) is 16.9 Å². The van der Waals surface area contributed by atoms with E-state index in [1.54, 1.807) is 11.8 Å². The molecule has 0 aromatic heterocycles. The Hall–Kier alpha value is -1.16. The molecule has 1 saturated heterocycles. The molecule has 17 heavy (non-hydrogen) atoms. The molecule has 1 fully saturated rings. The fourth-order valence-electron chi connectivity index (χ4n) is 1.96. The summed E-state index contributed by atoms with van der Waals surface area (Å²) in [6.07, 6.45) is 2.16. The van der Waals surface area contributed by atoms with Crippen molar-refractivity contribution >= 4 is 23.4 Å². The molecule has 2 rings (SSSR count). The monoisotopic (exact) mass is 250 g/mol. The molecule has 2 atom stereocenters. The van der Waals surface area contributed by atoms with Crippen molar-refractivity contribution in [1.82, 2.24) is 5.32 Å². The highest BCUT2D eigenvalue weighted by Crippen LogP contribution is 2.27. The highest BCUT2D eigenvalue weighted by Gasteiger charge is 2.24. The second-order valence-electron chi connectivity index (χ2n) is 4.40. The normalized spacial score (nSPS) is 21.1. The number of benzene rings is 1. The summed E-state index contributed by atoms with van der Waals surface area (Å²) in [6, 6.07) is 7.69. The van der Waals surface area contributed by atoms with Gasteiger partial charge in [-0.25, -0.2) is 0 Å². The van der Waals surface area contributed by atoms with Crippen molar-refractivity contribution in [1.29, 1.82) is 0 Å². The molecule has 0 saturated carbocycles. The summed E-state index contributed by atoms with van der Waals surface area (Å²) in [7, 11) is 0. The lowest BCUT2D eigenvalue weighted by molar-refractivity contribution is -0.121. The predicted octanol–water partition coefficient (Wildman–Crippen LogP) is 2.34. The van der Waals surface area contributed by atoms with Crippen LogP contribution >= 0.6 is 11.8 Å². The second kappa shape index (κ2) is 5.45. The molecular weight excluding hydrogens is 232 g/mol. The number of anilines is 1. The maximum absolute atomic E-state index is 11.9. The van der Waals surface area contributed by atoms with Gasteiger partial charge in [-0.3, -0.25) is 4.79 Å². The van der Waals surface area contributed by atoms with Crippen LogP contribution in [-0.2, 0) is 4.79 Å². The topological polar surface area (TPSA) is 55.1 Å². The summed E-state index contributed by atoms with van der Waals surface area (Å²) in [4.78, 5) is 11.9. The first-order valence-electron chi connectivity index (χ1n) is 5.94. The van der Waals surface area contributed by atoms with E-state index in [1.807, 2.05) is 31.2 Å². The molecule has 1 aromatic rings. The maximum Gasteiger partial charge on any atom is 0.233 e. The average molecular weight is 250 g/mol. The van der Waals surface area contributed by atoms with Crippen molar-refractivity contribution in [3.63, 3.8) is 0 Å². The van der Waals surface area contributed by atoms with Gasteiger partial charge in [0.15, 0.2) is 0 Å². The first-order chi connectivity index (χ1) is 8.16. The number of hydrogen-bond donors (Lipinski definition) is 2. The van der Waals surface area contributed by atoms with Gasteiger partial charge in [-0.15, -0.1) is 11.8 Å². The lowest BCUT2D eigenvalue weighted by Gasteiger charge is -2.17. The quantitative estimate of drug-likeness (QED) is 0.810. The lowest BCUT2D eigenvalue weighted by Crippen LogP contribution is -2.33. The molecule has 3 nitrogen and oxygen atoms in total. The summed E-state index contributed by atoms with van der Waals surface area (Å²) >= 11 is 1.76. The fourth-order valence-corrected chi connectivity index (χ4v) is 3.13. The van der Waals surface area contributed by atoms with E-state index in [1.165, 1.54) is 0 Å². The van der Waals surface area contributed by atoms with Gasteiger partial charge in [0.05, 0.1) is 11.3 Å². The molecule has 92 valence electrons. The van der Waals surface area contributed by atoms with E-state index in [-0.39, 0.29) is 17.2 Å². The Morgan fingerprint density at radius 1 is 1.47 bits per heavy atom. The molecule has 1 aliphatic heterocycles. The van der Waals surface area contributed by atoms with Crippen LogP contribution in [0.3, 0.4) is 0 Å². The molecule has 0 radical (unpaired) electrons. The van der Waals surface area contributed by atoms with Gasteiger partial charge in [-0.2, -0.15) is 0 Å². The minimum absolute atomic E-state index is 0.0456. The van der Waals surface area contributed by atoms with Crippen LogP contribution < -0.4 is 11.1 Å². The summed E-state index contributed by atoms with van der Waals surface area (Å²) in [5, 5.41) is 3.20. The Morgan fingerprint density at radius 2 is 2.18 bits per heavy atom. The molecule has 1 amide bonds. The van der Waals surface area contributed by atoms with Gasteiger partial charge in [-0.1, -0.05) is 12.1 Å². The van der Waals surface area contributed by atoms with Crippen molar-refractivity contribution in [2.75, 3.05) is 11.5 Å². The van der Waals surface area contributed by atoms with Crippen molar-refractivity contribution in [2.45, 2.75) is 31.1 Å². The Labute approximate surface area is 106 Å². The van der Waals surface area contributed by atoms with Gasteiger partial charge in [-0.05, 0) is 43.2 Å². The van der Waals surface area contributed by atoms with Crippen LogP contribution in [0.5, 0.6) is 0 Å². The third-order valence-electron chi connectivity index (χ3n) is 3.02. The Kier molecular flexibility index (Phi) is 3.94. The molecule has 0 bridgehead atoms.